The van der Waals surface area contributed by atoms with Crippen LogP contribution >= 0.6 is 0 Å². The van der Waals surface area contributed by atoms with Gasteiger partial charge in [0.2, 0.25) is 5.91 Å². The second-order valence-electron chi connectivity index (χ2n) is 6.91. The molecule has 0 aromatic rings. The summed E-state index contributed by atoms with van der Waals surface area (Å²) in [4.78, 5) is 23.3. The number of rotatable bonds is 5. The molecule has 0 aliphatic heterocycles. The standard InChI is InChI=1S/C15H26N2O3/c1-9-12(17-13(18)8-16-10-4-5-10)7-6-11(14(19)20)15(9,2)3/h9-12,16H,4-8H2,1-3H3,(H,17,18)(H,19,20). The van der Waals surface area contributed by atoms with Gasteiger partial charge in [0.1, 0.15) is 0 Å². The molecular weight excluding hydrogens is 256 g/mol. The van der Waals surface area contributed by atoms with E-state index in [9.17, 15) is 14.7 Å². The van der Waals surface area contributed by atoms with Crippen LogP contribution in [-0.4, -0.2) is 35.6 Å². The van der Waals surface area contributed by atoms with Gasteiger partial charge in [-0.05, 0) is 37.0 Å². The first kappa shape index (κ1) is 15.3. The van der Waals surface area contributed by atoms with Crippen molar-refractivity contribution in [3.8, 4) is 0 Å². The molecular formula is C15H26N2O3. The topological polar surface area (TPSA) is 78.4 Å². The van der Waals surface area contributed by atoms with Gasteiger partial charge in [0.25, 0.3) is 0 Å². The van der Waals surface area contributed by atoms with Gasteiger partial charge in [0.15, 0.2) is 0 Å². The van der Waals surface area contributed by atoms with Gasteiger partial charge in [-0.3, -0.25) is 9.59 Å². The smallest absolute Gasteiger partial charge is 0.307 e. The molecule has 114 valence electrons. The molecule has 2 aliphatic rings. The summed E-state index contributed by atoms with van der Waals surface area (Å²) >= 11 is 0. The van der Waals surface area contributed by atoms with E-state index in [4.69, 9.17) is 0 Å². The van der Waals surface area contributed by atoms with Crippen molar-refractivity contribution in [2.45, 2.75) is 58.5 Å². The van der Waals surface area contributed by atoms with Gasteiger partial charge in [-0.2, -0.15) is 0 Å². The number of carbonyl (C=O) groups excluding carboxylic acids is 1. The third-order valence-electron chi connectivity index (χ3n) is 5.21. The molecule has 0 saturated heterocycles. The Morgan fingerprint density at radius 2 is 1.85 bits per heavy atom. The fraction of sp³-hybridized carbons (Fsp3) is 0.867. The van der Waals surface area contributed by atoms with E-state index >= 15 is 0 Å². The number of aliphatic carboxylic acids is 1. The third kappa shape index (κ3) is 3.32. The normalized spacial score (nSPS) is 32.6. The number of carboxylic acids is 1. The van der Waals surface area contributed by atoms with Crippen molar-refractivity contribution in [1.82, 2.24) is 10.6 Å². The number of hydrogen-bond donors (Lipinski definition) is 3. The molecule has 0 heterocycles. The molecule has 3 unspecified atom stereocenters. The maximum absolute atomic E-state index is 11.9. The summed E-state index contributed by atoms with van der Waals surface area (Å²) in [5, 5.41) is 15.6. The van der Waals surface area contributed by atoms with E-state index < -0.39 is 5.97 Å². The van der Waals surface area contributed by atoms with Crippen LogP contribution in [0.4, 0.5) is 0 Å². The lowest BCUT2D eigenvalue weighted by molar-refractivity contribution is -0.150. The first-order valence-corrected chi connectivity index (χ1v) is 7.58. The third-order valence-corrected chi connectivity index (χ3v) is 5.21. The maximum atomic E-state index is 11.9. The minimum Gasteiger partial charge on any atom is -0.481 e. The fourth-order valence-corrected chi connectivity index (χ4v) is 3.23. The highest BCUT2D eigenvalue weighted by molar-refractivity contribution is 5.78. The predicted octanol–water partition coefficient (Wildman–Crippen LogP) is 1.38. The Morgan fingerprint density at radius 1 is 1.20 bits per heavy atom. The first-order valence-electron chi connectivity index (χ1n) is 7.58. The zero-order valence-electron chi connectivity index (χ0n) is 12.6. The highest BCUT2D eigenvalue weighted by atomic mass is 16.4. The van der Waals surface area contributed by atoms with Crippen molar-refractivity contribution < 1.29 is 14.7 Å². The Balaban J connectivity index is 1.89. The second kappa shape index (κ2) is 5.72. The minimum absolute atomic E-state index is 0.0262. The number of carbonyl (C=O) groups is 2. The summed E-state index contributed by atoms with van der Waals surface area (Å²) < 4.78 is 0. The molecule has 0 bridgehead atoms. The summed E-state index contributed by atoms with van der Waals surface area (Å²) in [6.45, 7) is 6.42. The Hall–Kier alpha value is -1.10. The summed E-state index contributed by atoms with van der Waals surface area (Å²) in [5.74, 6) is -0.863. The van der Waals surface area contributed by atoms with Gasteiger partial charge in [0.05, 0.1) is 12.5 Å². The summed E-state index contributed by atoms with van der Waals surface area (Å²) in [6.07, 6.45) is 3.71. The van der Waals surface area contributed by atoms with Gasteiger partial charge >= 0.3 is 5.97 Å². The van der Waals surface area contributed by atoms with Crippen LogP contribution in [0.25, 0.3) is 0 Å². The molecule has 0 spiro atoms. The SMILES string of the molecule is CC1C(NC(=O)CNC2CC2)CCC(C(=O)O)C1(C)C. The van der Waals surface area contributed by atoms with E-state index in [1.54, 1.807) is 0 Å². The van der Waals surface area contributed by atoms with E-state index in [1.807, 2.05) is 20.8 Å². The Morgan fingerprint density at radius 3 is 2.40 bits per heavy atom. The molecule has 2 aliphatic carbocycles. The Bertz CT molecular complexity index is 391. The van der Waals surface area contributed by atoms with Crippen LogP contribution in [0.2, 0.25) is 0 Å². The van der Waals surface area contributed by atoms with Gasteiger partial charge in [-0.1, -0.05) is 20.8 Å². The molecule has 1 amide bonds. The number of carboxylic acid groups (broad SMARTS) is 1. The second-order valence-corrected chi connectivity index (χ2v) is 6.91. The number of nitrogens with one attached hydrogen (secondary N) is 2. The molecule has 0 aromatic carbocycles. The van der Waals surface area contributed by atoms with Crippen LogP contribution in [0.15, 0.2) is 0 Å². The molecule has 5 heteroatoms. The maximum Gasteiger partial charge on any atom is 0.307 e. The largest absolute Gasteiger partial charge is 0.481 e. The quantitative estimate of drug-likeness (QED) is 0.712. The molecule has 2 rings (SSSR count). The Kier molecular flexibility index (Phi) is 4.37. The molecule has 0 radical (unpaired) electrons. The van der Waals surface area contributed by atoms with E-state index in [2.05, 4.69) is 10.6 Å². The van der Waals surface area contributed by atoms with Gasteiger partial charge in [-0.25, -0.2) is 0 Å². The number of amides is 1. The fourth-order valence-electron chi connectivity index (χ4n) is 3.23. The van der Waals surface area contributed by atoms with Crippen LogP contribution in [0, 0.1) is 17.3 Å². The van der Waals surface area contributed by atoms with Crippen molar-refractivity contribution in [2.24, 2.45) is 17.3 Å². The Labute approximate surface area is 120 Å². The average Bonchev–Trinajstić information content (AvgIpc) is 3.16. The van der Waals surface area contributed by atoms with E-state index in [0.29, 0.717) is 19.0 Å². The molecule has 3 atom stereocenters. The van der Waals surface area contributed by atoms with E-state index in [0.717, 1.165) is 6.42 Å². The lowest BCUT2D eigenvalue weighted by atomic mass is 9.61. The van der Waals surface area contributed by atoms with E-state index in [-0.39, 0.29) is 29.2 Å². The van der Waals surface area contributed by atoms with Crippen molar-refractivity contribution in [1.29, 1.82) is 0 Å². The molecule has 5 nitrogen and oxygen atoms in total. The summed E-state index contributed by atoms with van der Waals surface area (Å²) in [5.41, 5.74) is -0.300. The molecule has 2 saturated carbocycles. The van der Waals surface area contributed by atoms with Crippen molar-refractivity contribution in [2.75, 3.05) is 6.54 Å². The van der Waals surface area contributed by atoms with Gasteiger partial charge in [-0.15, -0.1) is 0 Å². The highest BCUT2D eigenvalue weighted by Gasteiger charge is 2.46. The van der Waals surface area contributed by atoms with Crippen LogP contribution in [0.5, 0.6) is 0 Å². The molecule has 2 fully saturated rings. The van der Waals surface area contributed by atoms with Crippen LogP contribution in [0.3, 0.4) is 0 Å². The zero-order chi connectivity index (χ0) is 14.9. The van der Waals surface area contributed by atoms with Crippen LogP contribution in [-0.2, 0) is 9.59 Å². The molecule has 3 N–H and O–H groups in total. The summed E-state index contributed by atoms with van der Waals surface area (Å²) in [7, 11) is 0. The van der Waals surface area contributed by atoms with Crippen molar-refractivity contribution in [3.05, 3.63) is 0 Å². The first-order chi connectivity index (χ1) is 9.32. The average molecular weight is 282 g/mol. The molecule has 20 heavy (non-hydrogen) atoms. The molecule has 0 aromatic heterocycles. The van der Waals surface area contributed by atoms with E-state index in [1.165, 1.54) is 12.8 Å². The minimum atomic E-state index is -0.720. The monoisotopic (exact) mass is 282 g/mol. The van der Waals surface area contributed by atoms with Crippen LogP contribution in [0.1, 0.15) is 46.5 Å². The predicted molar refractivity (Wildman–Crippen MR) is 76.3 cm³/mol. The van der Waals surface area contributed by atoms with Crippen molar-refractivity contribution >= 4 is 11.9 Å². The lowest BCUT2D eigenvalue weighted by Gasteiger charge is -2.46. The van der Waals surface area contributed by atoms with Gasteiger partial charge < -0.3 is 15.7 Å². The van der Waals surface area contributed by atoms with Crippen molar-refractivity contribution in [3.63, 3.8) is 0 Å². The van der Waals surface area contributed by atoms with Crippen LogP contribution < -0.4 is 10.6 Å². The number of hydrogen-bond acceptors (Lipinski definition) is 3. The zero-order valence-corrected chi connectivity index (χ0v) is 12.6. The highest BCUT2D eigenvalue weighted by Crippen LogP contribution is 2.45. The van der Waals surface area contributed by atoms with Gasteiger partial charge in [0, 0.05) is 12.1 Å². The lowest BCUT2D eigenvalue weighted by Crippen LogP contribution is -2.53. The summed E-state index contributed by atoms with van der Waals surface area (Å²) in [6, 6.07) is 0.603.